The molecule has 9 heteroatoms. The molecule has 0 saturated carbocycles. The number of rotatable bonds is 8. The van der Waals surface area contributed by atoms with Crippen LogP contribution in [0.5, 0.6) is 11.5 Å². The van der Waals surface area contributed by atoms with Gasteiger partial charge in [-0.05, 0) is 6.42 Å². The standard InChI is InChI=1S/C12H18N2O6S/c1-4-5-13-21(17,18)14-9-7-11(20-3)10(19-2)6-8(9)12(15)16/h6-7,13-14H,4-5H2,1-3H3,(H,15,16). The molecule has 1 rings (SSSR count). The van der Waals surface area contributed by atoms with Gasteiger partial charge in [-0.3, -0.25) is 4.72 Å². The van der Waals surface area contributed by atoms with E-state index in [2.05, 4.69) is 9.44 Å². The van der Waals surface area contributed by atoms with E-state index in [0.29, 0.717) is 6.42 Å². The fraction of sp³-hybridized carbons (Fsp3) is 0.417. The van der Waals surface area contributed by atoms with Crippen molar-refractivity contribution in [2.24, 2.45) is 0 Å². The second kappa shape index (κ2) is 7.14. The van der Waals surface area contributed by atoms with Crippen LogP contribution in [0, 0.1) is 0 Å². The summed E-state index contributed by atoms with van der Waals surface area (Å²) in [6.45, 7) is 2.05. The molecule has 0 atom stereocenters. The Morgan fingerprint density at radius 3 is 2.29 bits per heavy atom. The fourth-order valence-electron chi connectivity index (χ4n) is 1.56. The zero-order chi connectivity index (χ0) is 16.0. The van der Waals surface area contributed by atoms with Crippen molar-refractivity contribution in [2.75, 3.05) is 25.5 Å². The number of benzene rings is 1. The Kier molecular flexibility index (Phi) is 5.79. The van der Waals surface area contributed by atoms with Crippen molar-refractivity contribution in [3.05, 3.63) is 17.7 Å². The molecule has 118 valence electrons. The maximum absolute atomic E-state index is 11.8. The molecule has 0 fully saturated rings. The van der Waals surface area contributed by atoms with E-state index in [4.69, 9.17) is 9.47 Å². The minimum absolute atomic E-state index is 0.108. The van der Waals surface area contributed by atoms with Gasteiger partial charge in [0.15, 0.2) is 11.5 Å². The third-order valence-corrected chi connectivity index (χ3v) is 3.61. The Morgan fingerprint density at radius 2 is 1.81 bits per heavy atom. The number of carboxylic acids is 1. The number of hydrogen-bond acceptors (Lipinski definition) is 5. The largest absolute Gasteiger partial charge is 0.493 e. The van der Waals surface area contributed by atoms with Gasteiger partial charge in [0, 0.05) is 18.7 Å². The summed E-state index contributed by atoms with van der Waals surface area (Å²) in [5.74, 6) is -0.876. The van der Waals surface area contributed by atoms with Crippen LogP contribution >= 0.6 is 0 Å². The molecular formula is C12H18N2O6S. The van der Waals surface area contributed by atoms with Crippen LogP contribution in [0.15, 0.2) is 12.1 Å². The average Bonchev–Trinajstić information content (AvgIpc) is 2.43. The minimum Gasteiger partial charge on any atom is -0.493 e. The van der Waals surface area contributed by atoms with Crippen molar-refractivity contribution in [2.45, 2.75) is 13.3 Å². The van der Waals surface area contributed by atoms with Gasteiger partial charge in [-0.1, -0.05) is 6.92 Å². The van der Waals surface area contributed by atoms with Crippen molar-refractivity contribution >= 4 is 21.9 Å². The SMILES string of the molecule is CCCNS(=O)(=O)Nc1cc(OC)c(OC)cc1C(=O)O. The van der Waals surface area contributed by atoms with E-state index in [-0.39, 0.29) is 29.3 Å². The monoisotopic (exact) mass is 318 g/mol. The number of hydrogen-bond donors (Lipinski definition) is 3. The highest BCUT2D eigenvalue weighted by atomic mass is 32.2. The van der Waals surface area contributed by atoms with Crippen LogP contribution in [0.2, 0.25) is 0 Å². The van der Waals surface area contributed by atoms with Crippen LogP contribution in [0.1, 0.15) is 23.7 Å². The van der Waals surface area contributed by atoms with Gasteiger partial charge in [0.1, 0.15) is 0 Å². The number of carboxylic acid groups (broad SMARTS) is 1. The van der Waals surface area contributed by atoms with Crippen molar-refractivity contribution in [3.63, 3.8) is 0 Å². The number of aromatic carboxylic acids is 1. The van der Waals surface area contributed by atoms with E-state index in [1.807, 2.05) is 6.92 Å². The second-order valence-corrected chi connectivity index (χ2v) is 5.56. The van der Waals surface area contributed by atoms with Gasteiger partial charge in [-0.15, -0.1) is 0 Å². The van der Waals surface area contributed by atoms with Gasteiger partial charge in [0.25, 0.3) is 10.2 Å². The van der Waals surface area contributed by atoms with Gasteiger partial charge < -0.3 is 14.6 Å². The van der Waals surface area contributed by atoms with Crippen LogP contribution in [0.25, 0.3) is 0 Å². The lowest BCUT2D eigenvalue weighted by atomic mass is 10.1. The van der Waals surface area contributed by atoms with Gasteiger partial charge >= 0.3 is 5.97 Å². The maximum atomic E-state index is 11.8. The highest BCUT2D eigenvalue weighted by Crippen LogP contribution is 2.33. The first-order chi connectivity index (χ1) is 9.84. The molecule has 0 amide bonds. The average molecular weight is 318 g/mol. The number of methoxy groups -OCH3 is 2. The van der Waals surface area contributed by atoms with E-state index in [9.17, 15) is 18.3 Å². The summed E-state index contributed by atoms with van der Waals surface area (Å²) in [6, 6.07) is 2.45. The van der Waals surface area contributed by atoms with Crippen molar-refractivity contribution in [1.82, 2.24) is 4.72 Å². The molecule has 1 aromatic carbocycles. The quantitative estimate of drug-likeness (QED) is 0.660. The van der Waals surface area contributed by atoms with Crippen LogP contribution in [-0.4, -0.2) is 40.3 Å². The Hall–Kier alpha value is -2.00. The summed E-state index contributed by atoms with van der Waals surface area (Å²) in [5, 5.41) is 9.17. The molecule has 0 radical (unpaired) electrons. The first-order valence-corrected chi connectivity index (χ1v) is 7.59. The topological polar surface area (TPSA) is 114 Å². The molecule has 0 aliphatic heterocycles. The summed E-state index contributed by atoms with van der Waals surface area (Å²) < 4.78 is 38.1. The summed E-state index contributed by atoms with van der Waals surface area (Å²) in [7, 11) is -1.13. The van der Waals surface area contributed by atoms with Crippen LogP contribution in [0.4, 0.5) is 5.69 Å². The maximum Gasteiger partial charge on any atom is 0.337 e. The zero-order valence-electron chi connectivity index (χ0n) is 12.0. The normalized spacial score (nSPS) is 11.0. The minimum atomic E-state index is -3.86. The molecule has 0 heterocycles. The molecule has 0 saturated heterocycles. The molecule has 0 bridgehead atoms. The molecule has 0 aliphatic carbocycles. The van der Waals surface area contributed by atoms with Crippen molar-refractivity contribution in [1.29, 1.82) is 0 Å². The second-order valence-electron chi connectivity index (χ2n) is 4.06. The summed E-state index contributed by atoms with van der Waals surface area (Å²) in [5.41, 5.74) is -0.349. The van der Waals surface area contributed by atoms with Gasteiger partial charge in [-0.2, -0.15) is 13.1 Å². The predicted molar refractivity (Wildman–Crippen MR) is 77.3 cm³/mol. The van der Waals surface area contributed by atoms with Crippen LogP contribution < -0.4 is 18.9 Å². The lowest BCUT2D eigenvalue weighted by Crippen LogP contribution is -2.31. The van der Waals surface area contributed by atoms with E-state index < -0.39 is 16.2 Å². The highest BCUT2D eigenvalue weighted by molar-refractivity contribution is 7.90. The van der Waals surface area contributed by atoms with Crippen LogP contribution in [0.3, 0.4) is 0 Å². The predicted octanol–water partition coefficient (Wildman–Crippen LogP) is 1.06. The third kappa shape index (κ3) is 4.50. The highest BCUT2D eigenvalue weighted by Gasteiger charge is 2.19. The lowest BCUT2D eigenvalue weighted by molar-refractivity contribution is 0.0697. The smallest absolute Gasteiger partial charge is 0.337 e. The van der Waals surface area contributed by atoms with Gasteiger partial charge in [-0.25, -0.2) is 4.79 Å². The molecule has 3 N–H and O–H groups in total. The molecule has 8 nitrogen and oxygen atoms in total. The molecule has 0 aliphatic rings. The summed E-state index contributed by atoms with van der Waals surface area (Å²) >= 11 is 0. The van der Waals surface area contributed by atoms with Gasteiger partial charge in [0.05, 0.1) is 25.5 Å². The zero-order valence-corrected chi connectivity index (χ0v) is 12.8. The molecule has 0 spiro atoms. The first kappa shape index (κ1) is 17.1. The van der Waals surface area contributed by atoms with Gasteiger partial charge in [0.2, 0.25) is 0 Å². The molecule has 0 unspecified atom stereocenters. The summed E-state index contributed by atoms with van der Waals surface area (Å²) in [4.78, 5) is 11.2. The molecule has 0 aromatic heterocycles. The van der Waals surface area contributed by atoms with E-state index in [0.717, 1.165) is 0 Å². The van der Waals surface area contributed by atoms with Crippen molar-refractivity contribution in [3.8, 4) is 11.5 Å². The Bertz CT molecular complexity index is 614. The van der Waals surface area contributed by atoms with E-state index in [1.54, 1.807) is 0 Å². The molecule has 21 heavy (non-hydrogen) atoms. The van der Waals surface area contributed by atoms with Crippen molar-refractivity contribution < 1.29 is 27.8 Å². The Labute approximate surface area is 123 Å². The van der Waals surface area contributed by atoms with Crippen LogP contribution in [-0.2, 0) is 10.2 Å². The number of nitrogens with one attached hydrogen (secondary N) is 2. The Balaban J connectivity index is 3.24. The number of ether oxygens (including phenoxy) is 2. The first-order valence-electron chi connectivity index (χ1n) is 6.11. The molecule has 1 aromatic rings. The molecular weight excluding hydrogens is 300 g/mol. The fourth-order valence-corrected chi connectivity index (χ4v) is 2.56. The third-order valence-electron chi connectivity index (χ3n) is 2.54. The number of carbonyl (C=O) groups is 1. The lowest BCUT2D eigenvalue weighted by Gasteiger charge is -2.14. The number of anilines is 1. The van der Waals surface area contributed by atoms with E-state index >= 15 is 0 Å². The summed E-state index contributed by atoms with van der Waals surface area (Å²) in [6.07, 6.45) is 0.610. The van der Waals surface area contributed by atoms with E-state index in [1.165, 1.54) is 26.4 Å². The Morgan fingerprint density at radius 1 is 1.24 bits per heavy atom.